The average molecular weight is 473 g/mol. The topological polar surface area (TPSA) is 78.0 Å². The van der Waals surface area contributed by atoms with Gasteiger partial charge in [0.15, 0.2) is 11.1 Å². The number of guanidine groups is 1. The third kappa shape index (κ3) is 5.82. The Labute approximate surface area is 169 Å². The Balaban J connectivity index is 0.00000225. The lowest BCUT2D eigenvalue weighted by atomic mass is 10.1. The second-order valence-electron chi connectivity index (χ2n) is 5.83. The summed E-state index contributed by atoms with van der Waals surface area (Å²) < 4.78 is 0. The van der Waals surface area contributed by atoms with Crippen molar-refractivity contribution in [2.45, 2.75) is 12.5 Å². The van der Waals surface area contributed by atoms with Crippen LogP contribution < -0.4 is 10.6 Å². The highest BCUT2D eigenvalue weighted by atomic mass is 127. The maximum atomic E-state index is 10.1. The zero-order chi connectivity index (χ0) is 16.8. The van der Waals surface area contributed by atoms with Crippen LogP contribution in [0.15, 0.2) is 46.9 Å². The van der Waals surface area contributed by atoms with Crippen molar-refractivity contribution >= 4 is 46.4 Å². The third-order valence-electron chi connectivity index (χ3n) is 4.07. The molecule has 0 radical (unpaired) electrons. The molecule has 1 saturated heterocycles. The quantitative estimate of drug-likeness (QED) is 0.394. The fourth-order valence-corrected chi connectivity index (χ4v) is 3.45. The first-order valence-corrected chi connectivity index (χ1v) is 9.01. The maximum absolute atomic E-state index is 10.1. The molecule has 2 heterocycles. The number of nitrogens with zero attached hydrogens (tertiary/aromatic N) is 4. The lowest BCUT2D eigenvalue weighted by Gasteiger charge is -2.35. The molecule has 1 fully saturated rings. The number of aromatic nitrogens is 1. The Kier molecular flexibility index (Phi) is 7.91. The van der Waals surface area contributed by atoms with E-state index in [0.717, 1.165) is 36.9 Å². The van der Waals surface area contributed by atoms with Gasteiger partial charge in [0.25, 0.3) is 0 Å². The lowest BCUT2D eigenvalue weighted by Crippen LogP contribution is -2.51. The largest absolute Gasteiger partial charge is 0.391 e. The summed E-state index contributed by atoms with van der Waals surface area (Å²) in [6.45, 7) is 3.74. The second-order valence-corrected chi connectivity index (χ2v) is 6.70. The maximum Gasteiger partial charge on any atom is 0.191 e. The minimum absolute atomic E-state index is 0. The summed E-state index contributed by atoms with van der Waals surface area (Å²) in [6.07, 6.45) is 1.91. The normalized spacial score (nSPS) is 16.4. The number of benzene rings is 1. The molecule has 0 bridgehead atoms. The van der Waals surface area contributed by atoms with Gasteiger partial charge in [0, 0.05) is 44.2 Å². The summed E-state index contributed by atoms with van der Waals surface area (Å²) in [4.78, 5) is 13.0. The van der Waals surface area contributed by atoms with Crippen LogP contribution in [0.25, 0.3) is 0 Å². The number of halogens is 1. The zero-order valence-electron chi connectivity index (χ0n) is 14.0. The van der Waals surface area contributed by atoms with Crippen molar-refractivity contribution in [1.82, 2.24) is 9.88 Å². The van der Waals surface area contributed by atoms with Crippen molar-refractivity contribution in [3.05, 3.63) is 47.5 Å². The summed E-state index contributed by atoms with van der Waals surface area (Å²) in [7, 11) is 0. The SMILES string of the molecule is I.NC(=NCC(O)Cc1ccccc1)N1CCN(c2nccs2)CC1. The van der Waals surface area contributed by atoms with E-state index in [1.54, 1.807) is 11.3 Å². The van der Waals surface area contributed by atoms with Gasteiger partial charge in [-0.15, -0.1) is 35.3 Å². The van der Waals surface area contributed by atoms with E-state index in [1.807, 2.05) is 41.9 Å². The Morgan fingerprint density at radius 3 is 2.60 bits per heavy atom. The number of nitrogens with two attached hydrogens (primary N) is 1. The van der Waals surface area contributed by atoms with E-state index in [1.165, 1.54) is 0 Å². The first-order valence-electron chi connectivity index (χ1n) is 8.13. The molecule has 0 saturated carbocycles. The van der Waals surface area contributed by atoms with Crippen LogP contribution in [0.2, 0.25) is 0 Å². The van der Waals surface area contributed by atoms with Gasteiger partial charge in [-0.1, -0.05) is 30.3 Å². The Morgan fingerprint density at radius 1 is 1.24 bits per heavy atom. The van der Waals surface area contributed by atoms with Gasteiger partial charge in [-0.25, -0.2) is 4.98 Å². The van der Waals surface area contributed by atoms with E-state index in [4.69, 9.17) is 5.73 Å². The number of aliphatic hydroxyl groups is 1. The number of thiazole rings is 1. The molecular formula is C17H24IN5OS. The van der Waals surface area contributed by atoms with Gasteiger partial charge in [-0.05, 0) is 5.56 Å². The number of aliphatic imine (C=N–C) groups is 1. The second kappa shape index (κ2) is 9.93. The molecule has 1 atom stereocenters. The highest BCUT2D eigenvalue weighted by molar-refractivity contribution is 14.0. The number of anilines is 1. The van der Waals surface area contributed by atoms with Gasteiger partial charge < -0.3 is 20.6 Å². The lowest BCUT2D eigenvalue weighted by molar-refractivity contribution is 0.183. The van der Waals surface area contributed by atoms with Gasteiger partial charge in [0.05, 0.1) is 12.6 Å². The van der Waals surface area contributed by atoms with Crippen LogP contribution in [0.3, 0.4) is 0 Å². The Morgan fingerprint density at radius 2 is 1.96 bits per heavy atom. The van der Waals surface area contributed by atoms with Crippen LogP contribution in [-0.4, -0.2) is 59.8 Å². The third-order valence-corrected chi connectivity index (χ3v) is 4.90. The Bertz CT molecular complexity index is 644. The van der Waals surface area contributed by atoms with E-state index in [0.29, 0.717) is 18.9 Å². The van der Waals surface area contributed by atoms with Crippen molar-refractivity contribution in [2.75, 3.05) is 37.6 Å². The van der Waals surface area contributed by atoms with Crippen LogP contribution in [0.4, 0.5) is 5.13 Å². The zero-order valence-corrected chi connectivity index (χ0v) is 17.1. The van der Waals surface area contributed by atoms with Crippen LogP contribution >= 0.6 is 35.3 Å². The van der Waals surface area contributed by atoms with Crippen LogP contribution in [0.1, 0.15) is 5.56 Å². The standard InChI is InChI=1S/C17H23N5OS.HI/c18-16(20-13-15(23)12-14-4-2-1-3-5-14)21-7-9-22(10-8-21)17-19-6-11-24-17;/h1-6,11,15,23H,7-10,12-13H2,(H2,18,20);1H. The van der Waals surface area contributed by atoms with E-state index in [9.17, 15) is 5.11 Å². The monoisotopic (exact) mass is 473 g/mol. The number of aliphatic hydroxyl groups excluding tert-OH is 1. The molecule has 3 rings (SSSR count). The number of hydrogen-bond acceptors (Lipinski definition) is 5. The van der Waals surface area contributed by atoms with Crippen molar-refractivity contribution in [3.63, 3.8) is 0 Å². The highest BCUT2D eigenvalue weighted by Gasteiger charge is 2.20. The molecule has 1 aromatic heterocycles. The van der Waals surface area contributed by atoms with Crippen molar-refractivity contribution in [2.24, 2.45) is 10.7 Å². The predicted molar refractivity (Wildman–Crippen MR) is 114 cm³/mol. The van der Waals surface area contributed by atoms with Crippen molar-refractivity contribution < 1.29 is 5.11 Å². The number of rotatable bonds is 5. The van der Waals surface area contributed by atoms with Crippen molar-refractivity contribution in [1.29, 1.82) is 0 Å². The molecular weight excluding hydrogens is 449 g/mol. The first kappa shape index (κ1) is 19.9. The fraction of sp³-hybridized carbons (Fsp3) is 0.412. The molecule has 0 spiro atoms. The molecule has 1 aliphatic heterocycles. The summed E-state index contributed by atoms with van der Waals surface area (Å²) in [5.41, 5.74) is 7.19. The molecule has 8 heteroatoms. The molecule has 2 aromatic rings. The molecule has 0 aliphatic carbocycles. The minimum Gasteiger partial charge on any atom is -0.391 e. The molecule has 1 unspecified atom stereocenters. The van der Waals surface area contributed by atoms with Crippen LogP contribution in [0.5, 0.6) is 0 Å². The molecule has 1 aliphatic rings. The summed E-state index contributed by atoms with van der Waals surface area (Å²) in [5.74, 6) is 0.515. The van der Waals surface area contributed by atoms with Gasteiger partial charge in [0.2, 0.25) is 0 Å². The summed E-state index contributed by atoms with van der Waals surface area (Å²) >= 11 is 1.66. The van der Waals surface area contributed by atoms with E-state index >= 15 is 0 Å². The van der Waals surface area contributed by atoms with Gasteiger partial charge in [-0.3, -0.25) is 4.99 Å². The van der Waals surface area contributed by atoms with Crippen LogP contribution in [-0.2, 0) is 6.42 Å². The highest BCUT2D eigenvalue weighted by Crippen LogP contribution is 2.18. The van der Waals surface area contributed by atoms with E-state index in [-0.39, 0.29) is 24.0 Å². The predicted octanol–water partition coefficient (Wildman–Crippen LogP) is 1.80. The smallest absolute Gasteiger partial charge is 0.191 e. The molecule has 0 amide bonds. The molecule has 6 nitrogen and oxygen atoms in total. The summed E-state index contributed by atoms with van der Waals surface area (Å²) in [5, 5.41) is 13.2. The molecule has 136 valence electrons. The Hall–Kier alpha value is -1.39. The van der Waals surface area contributed by atoms with Crippen molar-refractivity contribution in [3.8, 4) is 0 Å². The summed E-state index contributed by atoms with van der Waals surface area (Å²) in [6, 6.07) is 9.93. The molecule has 3 N–H and O–H groups in total. The molecule has 1 aromatic carbocycles. The number of piperazine rings is 1. The van der Waals surface area contributed by atoms with Crippen LogP contribution in [0, 0.1) is 0 Å². The first-order chi connectivity index (χ1) is 11.7. The van der Waals surface area contributed by atoms with E-state index in [2.05, 4.69) is 19.8 Å². The average Bonchev–Trinajstić information content (AvgIpc) is 3.15. The minimum atomic E-state index is -0.512. The van der Waals surface area contributed by atoms with Gasteiger partial charge in [-0.2, -0.15) is 0 Å². The molecule has 25 heavy (non-hydrogen) atoms. The number of hydrogen-bond donors (Lipinski definition) is 2. The van der Waals surface area contributed by atoms with Gasteiger partial charge >= 0.3 is 0 Å². The van der Waals surface area contributed by atoms with E-state index < -0.39 is 6.10 Å². The fourth-order valence-electron chi connectivity index (χ4n) is 2.75. The van der Waals surface area contributed by atoms with Gasteiger partial charge in [0.1, 0.15) is 0 Å².